The van der Waals surface area contributed by atoms with E-state index in [2.05, 4.69) is 15.8 Å². The zero-order valence-corrected chi connectivity index (χ0v) is 14.9. The Morgan fingerprint density at radius 1 is 1.30 bits per heavy atom. The summed E-state index contributed by atoms with van der Waals surface area (Å²) in [6, 6.07) is 1.57. The van der Waals surface area contributed by atoms with E-state index < -0.39 is 17.2 Å². The molecule has 0 aliphatic heterocycles. The number of nitrogens with one attached hydrogen (secondary N) is 2. The monoisotopic (exact) mass is 325 g/mol. The number of hydrogen-bond acceptors (Lipinski definition) is 5. The first-order chi connectivity index (χ1) is 10.4. The third-order valence-electron chi connectivity index (χ3n) is 3.53. The quantitative estimate of drug-likeness (QED) is 0.868. The van der Waals surface area contributed by atoms with E-state index in [0.29, 0.717) is 5.76 Å². The van der Waals surface area contributed by atoms with Crippen LogP contribution in [0.2, 0.25) is 0 Å². The highest BCUT2D eigenvalue weighted by Crippen LogP contribution is 2.17. The number of carbonyl (C=O) groups excluding carboxylic acids is 2. The Morgan fingerprint density at radius 3 is 2.35 bits per heavy atom. The summed E-state index contributed by atoms with van der Waals surface area (Å²) in [7, 11) is 0. The summed E-state index contributed by atoms with van der Waals surface area (Å²) >= 11 is 0. The van der Waals surface area contributed by atoms with Crippen molar-refractivity contribution < 1.29 is 18.8 Å². The van der Waals surface area contributed by atoms with Crippen molar-refractivity contribution in [3.05, 3.63) is 17.5 Å². The van der Waals surface area contributed by atoms with Crippen molar-refractivity contribution in [2.75, 3.05) is 6.54 Å². The van der Waals surface area contributed by atoms with Gasteiger partial charge < -0.3 is 19.9 Å². The molecule has 1 heterocycles. The Morgan fingerprint density at radius 2 is 1.91 bits per heavy atom. The molecule has 7 nitrogen and oxygen atoms in total. The Kier molecular flexibility index (Phi) is 5.80. The maximum absolute atomic E-state index is 12.3. The number of nitrogens with zero attached hydrogens (tertiary/aromatic N) is 1. The number of alkyl carbamates (subject to hydrolysis) is 1. The second kappa shape index (κ2) is 7.02. The maximum atomic E-state index is 12.3. The first-order valence-corrected chi connectivity index (χ1v) is 7.65. The molecular weight excluding hydrogens is 298 g/mol. The molecule has 0 spiro atoms. The predicted octanol–water partition coefficient (Wildman–Crippen LogP) is 2.65. The van der Waals surface area contributed by atoms with Crippen molar-refractivity contribution in [3.8, 4) is 0 Å². The Hall–Kier alpha value is -2.05. The van der Waals surface area contributed by atoms with E-state index in [9.17, 15) is 9.59 Å². The number of aryl methyl sites for hydroxylation is 1. The standard InChI is InChI=1S/C16H27N3O4/c1-10(2)16(7,9-17-14(21)22-15(4,5)6)18-13(20)12-8-11(3)23-19-12/h8,10H,9H2,1-7H3,(H,17,21)(H,18,20)/t16-/m1/s1. The molecule has 0 aliphatic rings. The Labute approximate surface area is 137 Å². The molecule has 2 N–H and O–H groups in total. The van der Waals surface area contributed by atoms with Gasteiger partial charge in [-0.1, -0.05) is 19.0 Å². The van der Waals surface area contributed by atoms with Crippen molar-refractivity contribution in [2.24, 2.45) is 5.92 Å². The van der Waals surface area contributed by atoms with Crippen LogP contribution < -0.4 is 10.6 Å². The lowest BCUT2D eigenvalue weighted by Crippen LogP contribution is -2.57. The summed E-state index contributed by atoms with van der Waals surface area (Å²) in [5.41, 5.74) is -1.01. The number of rotatable bonds is 5. The minimum absolute atomic E-state index is 0.0781. The van der Waals surface area contributed by atoms with Crippen LogP contribution in [0.1, 0.15) is 57.8 Å². The van der Waals surface area contributed by atoms with Gasteiger partial charge in [0.05, 0.1) is 5.54 Å². The van der Waals surface area contributed by atoms with Crippen molar-refractivity contribution in [1.29, 1.82) is 0 Å². The molecule has 7 heteroatoms. The zero-order chi connectivity index (χ0) is 17.8. The average Bonchev–Trinajstić information content (AvgIpc) is 2.81. The minimum atomic E-state index is -0.652. The molecule has 0 bridgehead atoms. The third kappa shape index (κ3) is 5.92. The molecule has 23 heavy (non-hydrogen) atoms. The highest BCUT2D eigenvalue weighted by atomic mass is 16.6. The Balaban J connectivity index is 2.71. The summed E-state index contributed by atoms with van der Waals surface area (Å²) in [6.45, 7) is 13.1. The molecule has 0 radical (unpaired) electrons. The summed E-state index contributed by atoms with van der Waals surface area (Å²) in [6.07, 6.45) is -0.518. The molecule has 1 rings (SSSR count). The second-order valence-electron chi connectivity index (χ2n) is 7.20. The smallest absolute Gasteiger partial charge is 0.407 e. The molecule has 130 valence electrons. The van der Waals surface area contributed by atoms with Crippen LogP contribution in [0.4, 0.5) is 4.79 Å². The molecule has 0 fully saturated rings. The van der Waals surface area contributed by atoms with Crippen LogP contribution in [0, 0.1) is 12.8 Å². The molecule has 0 saturated heterocycles. The molecule has 1 aromatic rings. The number of carbonyl (C=O) groups is 2. The molecule has 0 saturated carbocycles. The highest BCUT2D eigenvalue weighted by molar-refractivity contribution is 5.92. The third-order valence-corrected chi connectivity index (χ3v) is 3.53. The van der Waals surface area contributed by atoms with E-state index >= 15 is 0 Å². The normalized spacial score (nSPS) is 14.3. The summed E-state index contributed by atoms with van der Waals surface area (Å²) in [5, 5.41) is 9.32. The van der Waals surface area contributed by atoms with Gasteiger partial charge in [0.25, 0.3) is 5.91 Å². The van der Waals surface area contributed by atoms with Gasteiger partial charge in [0.15, 0.2) is 5.69 Å². The fraction of sp³-hybridized carbons (Fsp3) is 0.688. The van der Waals surface area contributed by atoms with Crippen LogP contribution in [-0.2, 0) is 4.74 Å². The average molecular weight is 325 g/mol. The lowest BCUT2D eigenvalue weighted by Gasteiger charge is -2.35. The van der Waals surface area contributed by atoms with Gasteiger partial charge in [0.1, 0.15) is 11.4 Å². The minimum Gasteiger partial charge on any atom is -0.444 e. The molecule has 2 amide bonds. The lowest BCUT2D eigenvalue weighted by atomic mass is 9.88. The van der Waals surface area contributed by atoms with Crippen LogP contribution in [-0.4, -0.2) is 34.8 Å². The first kappa shape index (κ1) is 19.0. The van der Waals surface area contributed by atoms with Gasteiger partial charge >= 0.3 is 6.09 Å². The van der Waals surface area contributed by atoms with Crippen LogP contribution >= 0.6 is 0 Å². The van der Waals surface area contributed by atoms with Gasteiger partial charge in [0, 0.05) is 12.6 Å². The van der Waals surface area contributed by atoms with Crippen molar-refractivity contribution in [1.82, 2.24) is 15.8 Å². The van der Waals surface area contributed by atoms with E-state index in [1.807, 2.05) is 20.8 Å². The maximum Gasteiger partial charge on any atom is 0.407 e. The summed E-state index contributed by atoms with van der Waals surface area (Å²) < 4.78 is 10.1. The van der Waals surface area contributed by atoms with Crippen LogP contribution in [0.3, 0.4) is 0 Å². The molecule has 0 aliphatic carbocycles. The predicted molar refractivity (Wildman–Crippen MR) is 86.2 cm³/mol. The van der Waals surface area contributed by atoms with Gasteiger partial charge in [-0.2, -0.15) is 0 Å². The fourth-order valence-corrected chi connectivity index (χ4v) is 1.76. The molecule has 0 unspecified atom stereocenters. The second-order valence-corrected chi connectivity index (χ2v) is 7.20. The van der Waals surface area contributed by atoms with E-state index in [1.165, 1.54) is 0 Å². The fourth-order valence-electron chi connectivity index (χ4n) is 1.76. The topological polar surface area (TPSA) is 93.5 Å². The number of ether oxygens (including phenoxy) is 1. The van der Waals surface area contributed by atoms with Gasteiger partial charge in [-0.05, 0) is 40.5 Å². The zero-order valence-electron chi connectivity index (χ0n) is 14.9. The number of aromatic nitrogens is 1. The first-order valence-electron chi connectivity index (χ1n) is 7.65. The van der Waals surface area contributed by atoms with Crippen molar-refractivity contribution in [3.63, 3.8) is 0 Å². The number of hydrogen-bond donors (Lipinski definition) is 2. The molecule has 1 atom stereocenters. The Bertz CT molecular complexity index is 560. The molecule has 0 aromatic carbocycles. The van der Waals surface area contributed by atoms with E-state index in [0.717, 1.165) is 0 Å². The van der Waals surface area contributed by atoms with Crippen molar-refractivity contribution in [2.45, 2.75) is 59.6 Å². The van der Waals surface area contributed by atoms with E-state index in [4.69, 9.17) is 9.26 Å². The van der Waals surface area contributed by atoms with Crippen LogP contribution in [0.15, 0.2) is 10.6 Å². The summed E-state index contributed by atoms with van der Waals surface area (Å²) in [5.74, 6) is 0.298. The van der Waals surface area contributed by atoms with E-state index in [1.54, 1.807) is 33.8 Å². The van der Waals surface area contributed by atoms with Gasteiger partial charge in [-0.25, -0.2) is 4.79 Å². The van der Waals surface area contributed by atoms with Gasteiger partial charge in [-0.15, -0.1) is 0 Å². The molecular formula is C16H27N3O4. The highest BCUT2D eigenvalue weighted by Gasteiger charge is 2.32. The largest absolute Gasteiger partial charge is 0.444 e. The van der Waals surface area contributed by atoms with Crippen LogP contribution in [0.25, 0.3) is 0 Å². The van der Waals surface area contributed by atoms with Gasteiger partial charge in [0.2, 0.25) is 0 Å². The van der Waals surface area contributed by atoms with Crippen molar-refractivity contribution >= 4 is 12.0 Å². The number of amides is 2. The van der Waals surface area contributed by atoms with Gasteiger partial charge in [-0.3, -0.25) is 4.79 Å². The summed E-state index contributed by atoms with van der Waals surface area (Å²) in [4.78, 5) is 24.1. The lowest BCUT2D eigenvalue weighted by molar-refractivity contribution is 0.0496. The SMILES string of the molecule is Cc1cc(C(=O)N[C@](C)(CNC(=O)OC(C)(C)C)C(C)C)no1. The molecule has 1 aromatic heterocycles. The van der Waals surface area contributed by atoms with Crippen LogP contribution in [0.5, 0.6) is 0 Å². The van der Waals surface area contributed by atoms with E-state index in [-0.39, 0.29) is 24.1 Å².